The van der Waals surface area contributed by atoms with Crippen LogP contribution in [0.15, 0.2) is 45.1 Å². The zero-order valence-corrected chi connectivity index (χ0v) is 27.5. The summed E-state index contributed by atoms with van der Waals surface area (Å²) >= 11 is 6.63. The first kappa shape index (κ1) is 31.3. The second-order valence-electron chi connectivity index (χ2n) is 11.9. The van der Waals surface area contributed by atoms with E-state index in [9.17, 15) is 14.4 Å². The van der Waals surface area contributed by atoms with Crippen LogP contribution in [0.1, 0.15) is 54.6 Å². The van der Waals surface area contributed by atoms with Gasteiger partial charge in [-0.05, 0) is 38.0 Å². The van der Waals surface area contributed by atoms with Gasteiger partial charge in [0.1, 0.15) is 27.9 Å². The molecule has 0 amide bonds. The predicted octanol–water partition coefficient (Wildman–Crippen LogP) is 3.98. The number of methoxy groups -OCH3 is 3. The average molecular weight is 652 g/mol. The van der Waals surface area contributed by atoms with Crippen LogP contribution in [-0.2, 0) is 18.9 Å². The van der Waals surface area contributed by atoms with Crippen molar-refractivity contribution in [1.82, 2.24) is 9.13 Å². The van der Waals surface area contributed by atoms with Crippen molar-refractivity contribution >= 4 is 29.0 Å². The Morgan fingerprint density at radius 3 is 2.24 bits per heavy atom. The van der Waals surface area contributed by atoms with Crippen LogP contribution in [0.3, 0.4) is 0 Å². The van der Waals surface area contributed by atoms with Crippen LogP contribution in [0.4, 0.5) is 5.82 Å². The molecule has 0 radical (unpaired) electrons. The van der Waals surface area contributed by atoms with Gasteiger partial charge in [-0.3, -0.25) is 23.5 Å². The third-order valence-electron chi connectivity index (χ3n) is 8.96. The molecule has 0 saturated heterocycles. The molecule has 2 aliphatic heterocycles. The van der Waals surface area contributed by atoms with Gasteiger partial charge in [0.25, 0.3) is 5.56 Å². The number of anilines is 1. The van der Waals surface area contributed by atoms with Crippen LogP contribution in [0.25, 0.3) is 0 Å². The number of aromatic nitrogens is 2. The molecular weight excluding hydrogens is 618 g/mol. The Morgan fingerprint density at radius 1 is 0.935 bits per heavy atom. The number of carbonyl (C=O) groups is 2. The molecule has 46 heavy (non-hydrogen) atoms. The number of nitrogens with one attached hydrogen (secondary N) is 1. The number of fused-ring (bicyclic) bond motifs is 2. The molecule has 1 aromatic heterocycles. The fourth-order valence-corrected chi connectivity index (χ4v) is 7.00. The fraction of sp³-hybridized carbons (Fsp3) is 0.394. The van der Waals surface area contributed by atoms with E-state index in [-0.39, 0.29) is 57.3 Å². The molecule has 1 N–H and O–H groups in total. The third kappa shape index (κ3) is 4.19. The van der Waals surface area contributed by atoms with Crippen molar-refractivity contribution in [2.45, 2.75) is 44.8 Å². The fourth-order valence-electron chi connectivity index (χ4n) is 6.74. The number of ketones is 2. The third-order valence-corrected chi connectivity index (χ3v) is 9.32. The molecule has 0 saturated carbocycles. The second-order valence-corrected chi connectivity index (χ2v) is 12.3. The van der Waals surface area contributed by atoms with Gasteiger partial charge in [-0.1, -0.05) is 24.6 Å². The Morgan fingerprint density at radius 2 is 1.61 bits per heavy atom. The van der Waals surface area contributed by atoms with E-state index in [2.05, 4.69) is 5.32 Å². The van der Waals surface area contributed by atoms with Crippen molar-refractivity contribution in [1.29, 1.82) is 0 Å². The maximum absolute atomic E-state index is 15.1. The number of carbonyl (C=O) groups excluding carboxylic acids is 2. The zero-order chi connectivity index (χ0) is 33.4. The zero-order valence-electron chi connectivity index (χ0n) is 26.7. The summed E-state index contributed by atoms with van der Waals surface area (Å²) in [6.45, 7) is 5.50. The summed E-state index contributed by atoms with van der Waals surface area (Å²) in [6.07, 6.45) is 0.0226. The quantitative estimate of drug-likeness (QED) is 0.390. The molecule has 3 heterocycles. The van der Waals surface area contributed by atoms with Crippen molar-refractivity contribution in [3.05, 3.63) is 78.1 Å². The Bertz CT molecular complexity index is 1990. The SMILES string of the molecule is COc1cc(C2C3=C(C[C@@H](C)[C@]4(Oc5c(Cl)c(OC)cc(OC)c5C4=O)C3=O)Nc3c2c(=O)n(C)c(=O)n3C)ccc1OC(C)C. The minimum atomic E-state index is -2.02. The first-order valence-corrected chi connectivity index (χ1v) is 15.1. The van der Waals surface area contributed by atoms with Crippen molar-refractivity contribution in [2.75, 3.05) is 26.6 Å². The molecule has 12 nitrogen and oxygen atoms in total. The summed E-state index contributed by atoms with van der Waals surface area (Å²) in [5.74, 6) is -1.50. The van der Waals surface area contributed by atoms with Crippen LogP contribution < -0.4 is 40.3 Å². The Kier molecular flexibility index (Phi) is 7.46. The summed E-state index contributed by atoms with van der Waals surface area (Å²) in [5.41, 5.74) is -1.83. The molecule has 1 aliphatic carbocycles. The smallest absolute Gasteiger partial charge is 0.332 e. The molecule has 242 valence electrons. The van der Waals surface area contributed by atoms with E-state index in [0.29, 0.717) is 22.8 Å². The number of allylic oxidation sites excluding steroid dienone is 1. The van der Waals surface area contributed by atoms with E-state index >= 15 is 4.79 Å². The lowest BCUT2D eigenvalue weighted by molar-refractivity contribution is -0.130. The number of Topliss-reactive ketones (excluding diaryl/α,β-unsaturated/α-hetero) is 2. The monoisotopic (exact) mass is 651 g/mol. The molecule has 3 aliphatic rings. The van der Waals surface area contributed by atoms with Crippen molar-refractivity contribution in [2.24, 2.45) is 20.0 Å². The van der Waals surface area contributed by atoms with Crippen LogP contribution in [-0.4, -0.2) is 53.7 Å². The largest absolute Gasteiger partial charge is 0.496 e. The summed E-state index contributed by atoms with van der Waals surface area (Å²) in [4.78, 5) is 56.4. The van der Waals surface area contributed by atoms with Gasteiger partial charge in [0.2, 0.25) is 17.2 Å². The molecule has 2 aromatic carbocycles. The predicted molar refractivity (Wildman–Crippen MR) is 169 cm³/mol. The van der Waals surface area contributed by atoms with Gasteiger partial charge in [0.05, 0.1) is 33.0 Å². The van der Waals surface area contributed by atoms with Gasteiger partial charge in [-0.25, -0.2) is 4.79 Å². The summed E-state index contributed by atoms with van der Waals surface area (Å²) in [7, 11) is 7.23. The van der Waals surface area contributed by atoms with E-state index in [1.807, 2.05) is 13.8 Å². The van der Waals surface area contributed by atoms with Crippen molar-refractivity contribution in [3.8, 4) is 28.7 Å². The van der Waals surface area contributed by atoms with Gasteiger partial charge < -0.3 is 29.0 Å². The summed E-state index contributed by atoms with van der Waals surface area (Å²) < 4.78 is 31.2. The van der Waals surface area contributed by atoms with Gasteiger partial charge in [-0.15, -0.1) is 0 Å². The highest BCUT2D eigenvalue weighted by Crippen LogP contribution is 2.56. The average Bonchev–Trinajstić information content (AvgIpc) is 3.35. The lowest BCUT2D eigenvalue weighted by Crippen LogP contribution is -2.58. The van der Waals surface area contributed by atoms with Crippen molar-refractivity contribution in [3.63, 3.8) is 0 Å². The lowest BCUT2D eigenvalue weighted by Gasteiger charge is -2.42. The van der Waals surface area contributed by atoms with Gasteiger partial charge in [-0.2, -0.15) is 0 Å². The first-order valence-electron chi connectivity index (χ1n) is 14.7. The molecule has 1 spiro atoms. The van der Waals surface area contributed by atoms with Crippen molar-refractivity contribution < 1.29 is 33.3 Å². The number of rotatable bonds is 6. The Balaban J connectivity index is 1.61. The van der Waals surface area contributed by atoms with Crippen LogP contribution in [0, 0.1) is 5.92 Å². The number of ether oxygens (including phenoxy) is 5. The molecule has 13 heteroatoms. The lowest BCUT2D eigenvalue weighted by atomic mass is 9.66. The molecule has 1 unspecified atom stereocenters. The van der Waals surface area contributed by atoms with E-state index in [1.54, 1.807) is 32.2 Å². The summed E-state index contributed by atoms with van der Waals surface area (Å²) in [6, 6.07) is 6.62. The molecular formula is C33H34ClN3O9. The Labute approximate surface area is 269 Å². The number of benzene rings is 2. The highest BCUT2D eigenvalue weighted by atomic mass is 35.5. The topological polar surface area (TPSA) is 136 Å². The normalized spacial score (nSPS) is 21.4. The van der Waals surface area contributed by atoms with Crippen LogP contribution >= 0.6 is 11.6 Å². The van der Waals surface area contributed by atoms with E-state index in [1.165, 1.54) is 39.0 Å². The first-order chi connectivity index (χ1) is 21.8. The van der Waals surface area contributed by atoms with Crippen LogP contribution in [0.5, 0.6) is 28.7 Å². The van der Waals surface area contributed by atoms with E-state index < -0.39 is 40.3 Å². The van der Waals surface area contributed by atoms with E-state index in [4.69, 9.17) is 35.3 Å². The minimum Gasteiger partial charge on any atom is -0.496 e. The summed E-state index contributed by atoms with van der Waals surface area (Å²) in [5, 5.41) is 3.24. The molecule has 0 fully saturated rings. The minimum absolute atomic E-state index is 0.0111. The number of nitrogens with zero attached hydrogens (tertiary/aromatic N) is 2. The number of halogens is 1. The second kappa shape index (κ2) is 11.0. The molecule has 6 rings (SSSR count). The van der Waals surface area contributed by atoms with Crippen LogP contribution in [0.2, 0.25) is 5.02 Å². The van der Waals surface area contributed by atoms with Gasteiger partial charge in [0, 0.05) is 43.3 Å². The maximum Gasteiger partial charge on any atom is 0.332 e. The number of hydrogen-bond acceptors (Lipinski definition) is 10. The highest BCUT2D eigenvalue weighted by Gasteiger charge is 2.63. The molecule has 0 bridgehead atoms. The van der Waals surface area contributed by atoms with Gasteiger partial charge in [0.15, 0.2) is 17.2 Å². The maximum atomic E-state index is 15.1. The highest BCUT2D eigenvalue weighted by molar-refractivity contribution is 6.36. The molecule has 3 atom stereocenters. The standard InChI is InChI=1S/C33H34ClN3O9/c1-14(2)45-18-10-9-16(12-19(18)42-6)22-23-17(35-30-25(22)31(40)37(5)32(41)36(30)4)11-15(3)33(28(23)38)29(39)24-20(43-7)13-21(44-8)26(34)27(24)46-33/h9-10,12-15,22,35H,11H2,1-8H3/t15-,22?,33+/m1/s1. The van der Waals surface area contributed by atoms with E-state index in [0.717, 1.165) is 4.57 Å². The molecule has 3 aromatic rings. The van der Waals surface area contributed by atoms with Gasteiger partial charge >= 0.3 is 5.69 Å². The number of hydrogen-bond donors (Lipinski definition) is 1. The Hall–Kier alpha value is -4.71.